The number of aryl methyl sites for hydroxylation is 1. The van der Waals surface area contributed by atoms with Crippen molar-refractivity contribution < 1.29 is 14.3 Å². The van der Waals surface area contributed by atoms with Gasteiger partial charge in [0.1, 0.15) is 17.8 Å². The highest BCUT2D eigenvalue weighted by Gasteiger charge is 2.08. The van der Waals surface area contributed by atoms with Gasteiger partial charge in [-0.15, -0.1) is 0 Å². The highest BCUT2D eigenvalue weighted by atomic mass is 16.5. The molecular weight excluding hydrogens is 426 g/mol. The van der Waals surface area contributed by atoms with E-state index in [9.17, 15) is 4.79 Å². The van der Waals surface area contributed by atoms with Crippen molar-refractivity contribution >= 4 is 11.5 Å². The van der Waals surface area contributed by atoms with E-state index in [-0.39, 0.29) is 11.9 Å². The van der Waals surface area contributed by atoms with Crippen LogP contribution in [0.3, 0.4) is 0 Å². The maximum absolute atomic E-state index is 12.5. The molecule has 0 unspecified atom stereocenters. The van der Waals surface area contributed by atoms with E-state index in [0.717, 1.165) is 53.0 Å². The minimum Gasteiger partial charge on any atom is -0.497 e. The van der Waals surface area contributed by atoms with Crippen LogP contribution in [-0.2, 0) is 11.2 Å². The first-order chi connectivity index (χ1) is 16.6. The predicted octanol–water partition coefficient (Wildman–Crippen LogP) is 5.01. The number of nitrogens with zero attached hydrogens (tertiary/aromatic N) is 2. The number of methoxy groups -OCH3 is 2. The summed E-state index contributed by atoms with van der Waals surface area (Å²) < 4.78 is 10.8. The molecule has 1 amide bonds. The first-order valence-electron chi connectivity index (χ1n) is 11.3. The number of nitrogens with one attached hydrogen (secondary N) is 1. The number of carbonyl (C=O) groups is 1. The highest BCUT2D eigenvalue weighted by Crippen LogP contribution is 2.28. The molecule has 176 valence electrons. The summed E-state index contributed by atoms with van der Waals surface area (Å²) >= 11 is 0. The van der Waals surface area contributed by atoms with Gasteiger partial charge in [0.25, 0.3) is 0 Å². The molecule has 0 aliphatic heterocycles. The van der Waals surface area contributed by atoms with Crippen molar-refractivity contribution in [3.05, 3.63) is 102 Å². The van der Waals surface area contributed by atoms with Crippen molar-refractivity contribution in [3.63, 3.8) is 0 Å². The third-order valence-corrected chi connectivity index (χ3v) is 5.38. The average Bonchev–Trinajstić information content (AvgIpc) is 2.87. The molecule has 34 heavy (non-hydrogen) atoms. The molecule has 1 aromatic heterocycles. The maximum Gasteiger partial charge on any atom is 0.244 e. The van der Waals surface area contributed by atoms with Crippen LogP contribution in [0.5, 0.6) is 11.5 Å². The fourth-order valence-corrected chi connectivity index (χ4v) is 3.61. The topological polar surface area (TPSA) is 73.3 Å². The summed E-state index contributed by atoms with van der Waals surface area (Å²) in [7, 11) is 3.29. The van der Waals surface area contributed by atoms with Crippen LogP contribution in [0.4, 0.5) is 0 Å². The lowest BCUT2D eigenvalue weighted by molar-refractivity contribution is -0.117. The third-order valence-electron chi connectivity index (χ3n) is 5.38. The molecule has 2 aromatic carbocycles. The number of ether oxygens (including phenoxy) is 2. The van der Waals surface area contributed by atoms with Gasteiger partial charge in [0.05, 0.1) is 14.2 Å². The van der Waals surface area contributed by atoms with Crippen LogP contribution in [-0.4, -0.2) is 36.1 Å². The Hall–Kier alpha value is -3.93. The van der Waals surface area contributed by atoms with Gasteiger partial charge in [0.15, 0.2) is 0 Å². The van der Waals surface area contributed by atoms with Gasteiger partial charge in [0.2, 0.25) is 5.91 Å². The monoisotopic (exact) mass is 457 g/mol. The zero-order valence-corrected chi connectivity index (χ0v) is 19.9. The van der Waals surface area contributed by atoms with E-state index >= 15 is 0 Å². The summed E-state index contributed by atoms with van der Waals surface area (Å²) in [4.78, 5) is 20.5. The van der Waals surface area contributed by atoms with E-state index in [0.29, 0.717) is 0 Å². The minimum absolute atomic E-state index is 0.0713. The summed E-state index contributed by atoms with van der Waals surface area (Å²) in [6.45, 7) is 2.01. The van der Waals surface area contributed by atoms with E-state index in [1.807, 2.05) is 73.9 Å². The Labute approximate surface area is 201 Å². The number of amides is 1. The summed E-state index contributed by atoms with van der Waals surface area (Å²) in [6.07, 6.45) is 13.2. The summed E-state index contributed by atoms with van der Waals surface area (Å²) in [5.41, 5.74) is 4.03. The van der Waals surface area contributed by atoms with E-state index in [1.165, 1.54) is 6.33 Å². The van der Waals surface area contributed by atoms with Gasteiger partial charge in [-0.2, -0.15) is 0 Å². The quantitative estimate of drug-likeness (QED) is 0.324. The normalized spacial score (nSPS) is 11.6. The Bertz CT molecular complexity index is 1080. The van der Waals surface area contributed by atoms with Crippen molar-refractivity contribution in [3.8, 4) is 11.5 Å². The number of carbonyl (C=O) groups excluding carboxylic acids is 1. The molecule has 0 saturated heterocycles. The molecule has 1 heterocycles. The molecule has 1 atom stereocenters. The van der Waals surface area contributed by atoms with Crippen LogP contribution in [0.25, 0.3) is 5.57 Å². The predicted molar refractivity (Wildman–Crippen MR) is 135 cm³/mol. The van der Waals surface area contributed by atoms with E-state index in [1.54, 1.807) is 26.4 Å². The summed E-state index contributed by atoms with van der Waals surface area (Å²) in [6, 6.07) is 15.7. The Kier molecular flexibility index (Phi) is 9.40. The smallest absolute Gasteiger partial charge is 0.244 e. The first-order valence-corrected chi connectivity index (χ1v) is 11.3. The van der Waals surface area contributed by atoms with Gasteiger partial charge >= 0.3 is 0 Å². The number of aromatic nitrogens is 2. The second-order valence-corrected chi connectivity index (χ2v) is 7.95. The SMILES string of the molecule is COc1cccc(C(=C/C=C/C(=O)N[C@H](C)CCCc2cncnc2)c2cccc(OC)c2)c1. The maximum atomic E-state index is 12.5. The van der Waals surface area contributed by atoms with Crippen LogP contribution in [0, 0.1) is 0 Å². The highest BCUT2D eigenvalue weighted by molar-refractivity contribution is 5.89. The molecule has 0 radical (unpaired) electrons. The van der Waals surface area contributed by atoms with Crippen LogP contribution in [0.2, 0.25) is 0 Å². The van der Waals surface area contributed by atoms with Gasteiger partial charge in [-0.3, -0.25) is 4.79 Å². The van der Waals surface area contributed by atoms with Crippen LogP contribution in [0.1, 0.15) is 36.5 Å². The Balaban J connectivity index is 1.67. The fraction of sp³-hybridized carbons (Fsp3) is 0.250. The lowest BCUT2D eigenvalue weighted by Gasteiger charge is -2.12. The van der Waals surface area contributed by atoms with Crippen LogP contribution >= 0.6 is 0 Å². The molecule has 6 heteroatoms. The molecule has 3 rings (SSSR count). The average molecular weight is 458 g/mol. The fourth-order valence-electron chi connectivity index (χ4n) is 3.61. The number of rotatable bonds is 11. The Morgan fingerprint density at radius 3 is 2.21 bits per heavy atom. The van der Waals surface area contributed by atoms with Crippen molar-refractivity contribution in [2.45, 2.75) is 32.2 Å². The van der Waals surface area contributed by atoms with Gasteiger partial charge in [-0.05, 0) is 72.7 Å². The number of hydrogen-bond acceptors (Lipinski definition) is 5. The number of hydrogen-bond donors (Lipinski definition) is 1. The lowest BCUT2D eigenvalue weighted by atomic mass is 9.97. The molecule has 0 saturated carbocycles. The minimum atomic E-state index is -0.123. The zero-order chi connectivity index (χ0) is 24.2. The molecule has 6 nitrogen and oxygen atoms in total. The van der Waals surface area contributed by atoms with Crippen molar-refractivity contribution in [2.24, 2.45) is 0 Å². The molecule has 1 N–H and O–H groups in total. The number of benzene rings is 2. The molecule has 0 fully saturated rings. The zero-order valence-electron chi connectivity index (χ0n) is 19.9. The molecule has 0 aliphatic carbocycles. The first kappa shape index (κ1) is 24.7. The molecule has 0 aliphatic rings. The number of allylic oxidation sites excluding steroid dienone is 2. The van der Waals surface area contributed by atoms with Gasteiger partial charge in [-0.1, -0.05) is 36.4 Å². The largest absolute Gasteiger partial charge is 0.497 e. The standard InChI is InChI=1S/C28H31N3O3/c1-21(8-4-9-22-18-29-20-30-19-22)31-28(32)15-7-14-27(23-10-5-12-25(16-23)33-2)24-11-6-13-26(17-24)34-3/h5-7,10-21H,4,8-9H2,1-3H3,(H,31,32)/b15-7+/t21-/m1/s1. The second-order valence-electron chi connectivity index (χ2n) is 7.95. The second kappa shape index (κ2) is 12.9. The van der Waals surface area contributed by atoms with Gasteiger partial charge < -0.3 is 14.8 Å². The third kappa shape index (κ3) is 7.59. The summed E-state index contributed by atoms with van der Waals surface area (Å²) in [5.74, 6) is 1.41. The molecule has 0 spiro atoms. The molecule has 0 bridgehead atoms. The van der Waals surface area contributed by atoms with Crippen LogP contribution in [0.15, 0.2) is 85.5 Å². The van der Waals surface area contributed by atoms with Crippen LogP contribution < -0.4 is 14.8 Å². The van der Waals surface area contributed by atoms with Crippen molar-refractivity contribution in [2.75, 3.05) is 14.2 Å². The van der Waals surface area contributed by atoms with Gasteiger partial charge in [-0.25, -0.2) is 9.97 Å². The Morgan fingerprint density at radius 1 is 1.00 bits per heavy atom. The van der Waals surface area contributed by atoms with E-state index in [2.05, 4.69) is 15.3 Å². The van der Waals surface area contributed by atoms with Crippen molar-refractivity contribution in [1.82, 2.24) is 15.3 Å². The van der Waals surface area contributed by atoms with Gasteiger partial charge in [0, 0.05) is 24.5 Å². The summed E-state index contributed by atoms with van der Waals surface area (Å²) in [5, 5.41) is 3.03. The Morgan fingerprint density at radius 2 is 1.62 bits per heavy atom. The van der Waals surface area contributed by atoms with E-state index < -0.39 is 0 Å². The molecule has 3 aromatic rings. The molecular formula is C28H31N3O3. The van der Waals surface area contributed by atoms with E-state index in [4.69, 9.17) is 9.47 Å². The lowest BCUT2D eigenvalue weighted by Crippen LogP contribution is -2.31. The van der Waals surface area contributed by atoms with Crippen molar-refractivity contribution in [1.29, 1.82) is 0 Å².